The van der Waals surface area contributed by atoms with Crippen LogP contribution in [0.4, 0.5) is 5.69 Å². The van der Waals surface area contributed by atoms with Crippen LogP contribution in [0.25, 0.3) is 10.8 Å². The number of hydrogen-bond donors (Lipinski definition) is 1. The average Bonchev–Trinajstić information content (AvgIpc) is 3.35. The van der Waals surface area contributed by atoms with Gasteiger partial charge in [0.15, 0.2) is 0 Å². The van der Waals surface area contributed by atoms with Crippen molar-refractivity contribution in [3.8, 4) is 0 Å². The summed E-state index contributed by atoms with van der Waals surface area (Å²) >= 11 is 1.43. The molecule has 0 aliphatic carbocycles. The lowest BCUT2D eigenvalue weighted by molar-refractivity contribution is 0.0953. The standard InChI is InChI=1S/C19H14N2O3S2/c22-17(13-6-2-1-3-7-13)20-18-19(25-18)21-14-10-4-8-12-9-5-11-15(16(12)14)26(21,23)24/h1-11,18-19H,(H,20,22). The van der Waals surface area contributed by atoms with E-state index in [0.29, 0.717) is 16.1 Å². The molecule has 1 saturated heterocycles. The molecule has 3 aromatic rings. The number of carbonyl (C=O) groups is 1. The summed E-state index contributed by atoms with van der Waals surface area (Å²) < 4.78 is 27.5. The lowest BCUT2D eigenvalue weighted by Crippen LogP contribution is -2.36. The highest BCUT2D eigenvalue weighted by atomic mass is 32.2. The van der Waals surface area contributed by atoms with Gasteiger partial charge in [0.2, 0.25) is 0 Å². The minimum atomic E-state index is -3.61. The summed E-state index contributed by atoms with van der Waals surface area (Å²) in [5.41, 5.74) is 1.25. The van der Waals surface area contributed by atoms with Gasteiger partial charge in [-0.2, -0.15) is 0 Å². The molecule has 1 fully saturated rings. The van der Waals surface area contributed by atoms with Crippen molar-refractivity contribution in [1.29, 1.82) is 0 Å². The topological polar surface area (TPSA) is 66.5 Å². The second-order valence-corrected chi connectivity index (χ2v) is 9.27. The molecule has 2 unspecified atom stereocenters. The minimum Gasteiger partial charge on any atom is -0.337 e. The zero-order chi connectivity index (χ0) is 17.9. The van der Waals surface area contributed by atoms with Gasteiger partial charge in [-0.3, -0.25) is 4.79 Å². The van der Waals surface area contributed by atoms with E-state index in [0.717, 1.165) is 10.8 Å². The first kappa shape index (κ1) is 15.7. The Balaban J connectivity index is 1.46. The molecule has 5 rings (SSSR count). The Kier molecular flexibility index (Phi) is 3.32. The van der Waals surface area contributed by atoms with Crippen LogP contribution in [0.3, 0.4) is 0 Å². The number of thioether (sulfide) groups is 1. The van der Waals surface area contributed by atoms with Crippen LogP contribution in [0.1, 0.15) is 10.4 Å². The molecular weight excluding hydrogens is 368 g/mol. The highest BCUT2D eigenvalue weighted by Gasteiger charge is 2.52. The summed E-state index contributed by atoms with van der Waals surface area (Å²) in [4.78, 5) is 12.7. The van der Waals surface area contributed by atoms with Crippen LogP contribution >= 0.6 is 11.8 Å². The molecular formula is C19H14N2O3S2. The number of amides is 1. The van der Waals surface area contributed by atoms with E-state index < -0.39 is 10.0 Å². The molecule has 7 heteroatoms. The van der Waals surface area contributed by atoms with E-state index in [1.807, 2.05) is 30.3 Å². The minimum absolute atomic E-state index is 0.196. The van der Waals surface area contributed by atoms with Crippen LogP contribution in [0, 0.1) is 0 Å². The molecule has 0 spiro atoms. The largest absolute Gasteiger partial charge is 0.337 e. The third-order valence-electron chi connectivity index (χ3n) is 4.63. The van der Waals surface area contributed by atoms with Crippen LogP contribution in [0.15, 0.2) is 71.6 Å². The highest BCUT2D eigenvalue weighted by Crippen LogP contribution is 2.52. The summed E-state index contributed by atoms with van der Waals surface area (Å²) in [5.74, 6) is -0.196. The van der Waals surface area contributed by atoms with Crippen molar-refractivity contribution in [1.82, 2.24) is 5.32 Å². The molecule has 0 radical (unpaired) electrons. The smallest absolute Gasteiger partial charge is 0.266 e. The normalized spacial score (nSPS) is 22.4. The molecule has 0 bridgehead atoms. The van der Waals surface area contributed by atoms with E-state index in [9.17, 15) is 13.2 Å². The zero-order valence-corrected chi connectivity index (χ0v) is 15.1. The Morgan fingerprint density at radius 1 is 0.962 bits per heavy atom. The van der Waals surface area contributed by atoms with E-state index in [1.54, 1.807) is 36.4 Å². The predicted octanol–water partition coefficient (Wildman–Crippen LogP) is 3.18. The summed E-state index contributed by atoms with van der Waals surface area (Å²) in [6.45, 7) is 0. The molecule has 0 aromatic heterocycles. The predicted molar refractivity (Wildman–Crippen MR) is 103 cm³/mol. The van der Waals surface area contributed by atoms with Gasteiger partial charge < -0.3 is 5.32 Å². The monoisotopic (exact) mass is 382 g/mol. The third kappa shape index (κ3) is 2.24. The second-order valence-electron chi connectivity index (χ2n) is 6.22. The molecule has 1 N–H and O–H groups in total. The molecule has 2 atom stereocenters. The number of sulfonamides is 1. The average molecular weight is 382 g/mol. The molecule has 1 amide bonds. The summed E-state index contributed by atoms with van der Waals surface area (Å²) in [6.07, 6.45) is 0. The fraction of sp³-hybridized carbons (Fsp3) is 0.105. The van der Waals surface area contributed by atoms with E-state index in [-0.39, 0.29) is 16.7 Å². The van der Waals surface area contributed by atoms with Gasteiger partial charge in [-0.15, -0.1) is 11.8 Å². The number of carbonyl (C=O) groups excluding carboxylic acids is 1. The van der Waals surface area contributed by atoms with Gasteiger partial charge in [0.25, 0.3) is 15.9 Å². The van der Waals surface area contributed by atoms with Gasteiger partial charge in [0, 0.05) is 10.9 Å². The summed E-state index contributed by atoms with van der Waals surface area (Å²) in [5, 5.41) is 3.99. The Morgan fingerprint density at radius 3 is 2.46 bits per heavy atom. The highest BCUT2D eigenvalue weighted by molar-refractivity contribution is 8.09. The van der Waals surface area contributed by atoms with Crippen molar-refractivity contribution < 1.29 is 13.2 Å². The van der Waals surface area contributed by atoms with Gasteiger partial charge in [0.1, 0.15) is 10.7 Å². The maximum Gasteiger partial charge on any atom is 0.266 e. The van der Waals surface area contributed by atoms with E-state index in [4.69, 9.17) is 0 Å². The number of nitrogens with zero attached hydrogens (tertiary/aromatic N) is 1. The van der Waals surface area contributed by atoms with Crippen LogP contribution in [-0.4, -0.2) is 25.1 Å². The number of benzene rings is 3. The fourth-order valence-electron chi connectivity index (χ4n) is 3.39. The van der Waals surface area contributed by atoms with Gasteiger partial charge in [-0.25, -0.2) is 12.7 Å². The van der Waals surface area contributed by atoms with Crippen LogP contribution in [-0.2, 0) is 10.0 Å². The lowest BCUT2D eigenvalue weighted by Gasteiger charge is -2.17. The number of rotatable bonds is 3. The summed E-state index contributed by atoms with van der Waals surface area (Å²) in [6, 6.07) is 19.8. The van der Waals surface area contributed by atoms with Crippen LogP contribution < -0.4 is 9.62 Å². The molecule has 2 aliphatic heterocycles. The van der Waals surface area contributed by atoms with E-state index in [1.165, 1.54) is 16.1 Å². The first-order valence-corrected chi connectivity index (χ1v) is 10.5. The zero-order valence-electron chi connectivity index (χ0n) is 13.5. The SMILES string of the molecule is O=C(NC1SC1N1c2cccc3cccc(c23)S1(=O)=O)c1ccccc1. The first-order valence-electron chi connectivity index (χ1n) is 8.15. The molecule has 2 aliphatic rings. The fourth-order valence-corrected chi connectivity index (χ4v) is 6.50. The van der Waals surface area contributed by atoms with Gasteiger partial charge in [-0.1, -0.05) is 42.5 Å². The van der Waals surface area contributed by atoms with Crippen LogP contribution in [0.5, 0.6) is 0 Å². The molecule has 2 heterocycles. The van der Waals surface area contributed by atoms with Gasteiger partial charge in [-0.05, 0) is 29.7 Å². The quantitative estimate of drug-likeness (QED) is 0.707. The Bertz CT molecular complexity index is 1140. The maximum atomic E-state index is 13.0. The lowest BCUT2D eigenvalue weighted by atomic mass is 10.1. The van der Waals surface area contributed by atoms with Gasteiger partial charge in [0.05, 0.1) is 10.6 Å². The summed E-state index contributed by atoms with van der Waals surface area (Å²) in [7, 11) is -3.61. The Morgan fingerprint density at radius 2 is 1.69 bits per heavy atom. The van der Waals surface area contributed by atoms with Gasteiger partial charge >= 0.3 is 0 Å². The van der Waals surface area contributed by atoms with Crippen molar-refractivity contribution in [2.24, 2.45) is 0 Å². The molecule has 26 heavy (non-hydrogen) atoms. The molecule has 5 nitrogen and oxygen atoms in total. The molecule has 0 saturated carbocycles. The van der Waals surface area contributed by atoms with Crippen molar-refractivity contribution >= 4 is 44.2 Å². The van der Waals surface area contributed by atoms with E-state index >= 15 is 0 Å². The van der Waals surface area contributed by atoms with Crippen LogP contribution in [0.2, 0.25) is 0 Å². The Hall–Kier alpha value is -2.51. The van der Waals surface area contributed by atoms with Crippen molar-refractivity contribution in [3.63, 3.8) is 0 Å². The maximum absolute atomic E-state index is 13.0. The first-order chi connectivity index (χ1) is 12.6. The Labute approximate surface area is 155 Å². The van der Waals surface area contributed by atoms with Crippen molar-refractivity contribution in [2.45, 2.75) is 15.6 Å². The number of hydrogen-bond acceptors (Lipinski definition) is 4. The third-order valence-corrected chi connectivity index (χ3v) is 7.72. The molecule has 130 valence electrons. The molecule has 3 aromatic carbocycles. The van der Waals surface area contributed by atoms with Crippen molar-refractivity contribution in [3.05, 3.63) is 72.3 Å². The second kappa shape index (κ2) is 5.49. The number of nitrogens with one attached hydrogen (secondary N) is 1. The number of anilines is 1. The van der Waals surface area contributed by atoms with E-state index in [2.05, 4.69) is 5.32 Å². The van der Waals surface area contributed by atoms with Crippen molar-refractivity contribution in [2.75, 3.05) is 4.31 Å².